The van der Waals surface area contributed by atoms with Crippen molar-refractivity contribution in [3.63, 3.8) is 0 Å². The number of fused-ring (bicyclic) bond motifs is 1. The van der Waals surface area contributed by atoms with Crippen LogP contribution in [0.1, 0.15) is 18.4 Å². The summed E-state index contributed by atoms with van der Waals surface area (Å²) in [6, 6.07) is 5.68. The fourth-order valence-corrected chi connectivity index (χ4v) is 3.08. The second-order valence-electron chi connectivity index (χ2n) is 5.21. The van der Waals surface area contributed by atoms with Crippen molar-refractivity contribution in [1.29, 1.82) is 0 Å². The van der Waals surface area contributed by atoms with E-state index >= 15 is 0 Å². The number of halogens is 2. The van der Waals surface area contributed by atoms with Gasteiger partial charge in [0.1, 0.15) is 5.54 Å². The normalized spacial score (nSPS) is 20.2. The minimum atomic E-state index is -0.790. The van der Waals surface area contributed by atoms with E-state index in [0.717, 1.165) is 22.7 Å². The van der Waals surface area contributed by atoms with E-state index in [9.17, 15) is 4.79 Å². The highest BCUT2D eigenvalue weighted by molar-refractivity contribution is 6.32. The highest BCUT2D eigenvalue weighted by atomic mass is 35.5. The molecule has 0 atom stereocenters. The third-order valence-corrected chi connectivity index (χ3v) is 4.38. The molecule has 1 fully saturated rings. The van der Waals surface area contributed by atoms with Crippen molar-refractivity contribution in [3.05, 3.63) is 28.8 Å². The van der Waals surface area contributed by atoms with Crippen LogP contribution in [-0.2, 0) is 16.0 Å². The Balaban J connectivity index is 0.00000147. The van der Waals surface area contributed by atoms with Gasteiger partial charge in [-0.25, -0.2) is 0 Å². The highest BCUT2D eigenvalue weighted by Gasteiger charge is 2.41. The van der Waals surface area contributed by atoms with Gasteiger partial charge in [0.05, 0.1) is 0 Å². The second-order valence-corrected chi connectivity index (χ2v) is 5.62. The minimum Gasteiger partial charge on any atom is -0.381 e. The van der Waals surface area contributed by atoms with E-state index in [1.54, 1.807) is 4.90 Å². The van der Waals surface area contributed by atoms with Gasteiger partial charge in [-0.1, -0.05) is 17.7 Å². The zero-order valence-electron chi connectivity index (χ0n) is 11.1. The number of nitrogens with two attached hydrogens (primary N) is 1. The van der Waals surface area contributed by atoms with Crippen LogP contribution in [0.3, 0.4) is 0 Å². The first-order valence-electron chi connectivity index (χ1n) is 6.58. The summed E-state index contributed by atoms with van der Waals surface area (Å²) in [5.41, 5.74) is 7.44. The summed E-state index contributed by atoms with van der Waals surface area (Å²) >= 11 is 6.17. The van der Waals surface area contributed by atoms with Gasteiger partial charge in [-0.05, 0) is 37.0 Å². The third kappa shape index (κ3) is 2.53. The van der Waals surface area contributed by atoms with Crippen LogP contribution >= 0.6 is 24.0 Å². The first kappa shape index (κ1) is 15.6. The van der Waals surface area contributed by atoms with Gasteiger partial charge in [-0.3, -0.25) is 4.79 Å². The maximum atomic E-state index is 12.7. The number of rotatable bonds is 1. The molecular weight excluding hydrogens is 299 g/mol. The van der Waals surface area contributed by atoms with Crippen LogP contribution in [0, 0.1) is 0 Å². The lowest BCUT2D eigenvalue weighted by molar-refractivity contribution is -0.126. The molecule has 0 bridgehead atoms. The van der Waals surface area contributed by atoms with E-state index in [2.05, 4.69) is 0 Å². The predicted molar refractivity (Wildman–Crippen MR) is 81.7 cm³/mol. The summed E-state index contributed by atoms with van der Waals surface area (Å²) in [5, 5.41) is 0.728. The van der Waals surface area contributed by atoms with E-state index < -0.39 is 5.54 Å². The van der Waals surface area contributed by atoms with Crippen molar-refractivity contribution in [2.75, 3.05) is 24.7 Å². The van der Waals surface area contributed by atoms with Gasteiger partial charge in [0.25, 0.3) is 0 Å². The molecule has 1 aromatic rings. The minimum absolute atomic E-state index is 0. The monoisotopic (exact) mass is 316 g/mol. The Hall–Kier alpha value is -0.810. The number of amides is 1. The van der Waals surface area contributed by atoms with Crippen molar-refractivity contribution in [2.24, 2.45) is 5.73 Å². The molecular formula is C14H18Cl2N2O2. The Morgan fingerprint density at radius 3 is 2.75 bits per heavy atom. The fourth-order valence-electron chi connectivity index (χ4n) is 2.82. The third-order valence-electron chi connectivity index (χ3n) is 4.03. The number of carbonyl (C=O) groups excluding carboxylic acids is 1. The van der Waals surface area contributed by atoms with Crippen molar-refractivity contribution >= 4 is 35.6 Å². The molecule has 1 saturated heterocycles. The number of nitrogens with zero attached hydrogens (tertiary/aromatic N) is 1. The van der Waals surface area contributed by atoms with Gasteiger partial charge in [0, 0.05) is 30.5 Å². The number of ether oxygens (including phenoxy) is 1. The Kier molecular flexibility index (Phi) is 4.59. The van der Waals surface area contributed by atoms with E-state index in [1.165, 1.54) is 0 Å². The lowest BCUT2D eigenvalue weighted by atomic mass is 9.89. The SMILES string of the molecule is Cl.NC1(C(=O)N2CCc3c(Cl)cccc32)CCOCC1. The van der Waals surface area contributed by atoms with Crippen molar-refractivity contribution in [2.45, 2.75) is 24.8 Å². The Morgan fingerprint density at radius 1 is 1.35 bits per heavy atom. The van der Waals surface area contributed by atoms with E-state index in [-0.39, 0.29) is 18.3 Å². The Labute approximate surface area is 129 Å². The van der Waals surface area contributed by atoms with Crippen LogP contribution < -0.4 is 10.6 Å². The average Bonchev–Trinajstić information content (AvgIpc) is 2.84. The lowest BCUT2D eigenvalue weighted by Crippen LogP contribution is -2.58. The topological polar surface area (TPSA) is 55.6 Å². The molecule has 0 aromatic heterocycles. The van der Waals surface area contributed by atoms with Crippen molar-refractivity contribution < 1.29 is 9.53 Å². The van der Waals surface area contributed by atoms with Crippen LogP contribution in [0.5, 0.6) is 0 Å². The van der Waals surface area contributed by atoms with Crippen LogP contribution in [0.25, 0.3) is 0 Å². The molecule has 1 amide bonds. The smallest absolute Gasteiger partial charge is 0.247 e. The molecule has 3 rings (SSSR count). The molecule has 0 unspecified atom stereocenters. The molecule has 0 saturated carbocycles. The van der Waals surface area contributed by atoms with Gasteiger partial charge >= 0.3 is 0 Å². The molecule has 2 aliphatic heterocycles. The number of anilines is 1. The highest BCUT2D eigenvalue weighted by Crippen LogP contribution is 2.35. The number of hydrogen-bond acceptors (Lipinski definition) is 3. The van der Waals surface area contributed by atoms with Gasteiger partial charge in [-0.15, -0.1) is 12.4 Å². The van der Waals surface area contributed by atoms with Gasteiger partial charge in [-0.2, -0.15) is 0 Å². The van der Waals surface area contributed by atoms with E-state index in [0.29, 0.717) is 32.6 Å². The summed E-state index contributed by atoms with van der Waals surface area (Å²) in [7, 11) is 0. The summed E-state index contributed by atoms with van der Waals surface area (Å²) in [5.74, 6) is -0.00295. The Bertz CT molecular complexity index is 516. The number of carbonyl (C=O) groups is 1. The van der Waals surface area contributed by atoms with Crippen LogP contribution in [0.15, 0.2) is 18.2 Å². The van der Waals surface area contributed by atoms with E-state index in [4.69, 9.17) is 22.1 Å². The standard InChI is InChI=1S/C14H17ClN2O2.ClH/c15-11-2-1-3-12-10(11)4-7-17(12)13(18)14(16)5-8-19-9-6-14;/h1-3H,4-9,16H2;1H. The second kappa shape index (κ2) is 5.90. The zero-order chi connectivity index (χ0) is 13.5. The van der Waals surface area contributed by atoms with Crippen LogP contribution in [0.2, 0.25) is 5.02 Å². The fraction of sp³-hybridized carbons (Fsp3) is 0.500. The van der Waals surface area contributed by atoms with Crippen LogP contribution in [0.4, 0.5) is 5.69 Å². The van der Waals surface area contributed by atoms with Crippen molar-refractivity contribution in [1.82, 2.24) is 0 Å². The van der Waals surface area contributed by atoms with Crippen LogP contribution in [-0.4, -0.2) is 31.2 Å². The molecule has 0 spiro atoms. The van der Waals surface area contributed by atoms with Gasteiger partial charge < -0.3 is 15.4 Å². The molecule has 2 N–H and O–H groups in total. The molecule has 2 aliphatic rings. The predicted octanol–water partition coefficient (Wildman–Crippen LogP) is 2.16. The van der Waals surface area contributed by atoms with E-state index in [1.807, 2.05) is 18.2 Å². The van der Waals surface area contributed by atoms with Gasteiger partial charge in [0.15, 0.2) is 0 Å². The maximum Gasteiger partial charge on any atom is 0.247 e. The lowest BCUT2D eigenvalue weighted by Gasteiger charge is -2.35. The number of benzene rings is 1. The maximum absolute atomic E-state index is 12.7. The average molecular weight is 317 g/mol. The first-order chi connectivity index (χ1) is 9.12. The molecule has 110 valence electrons. The largest absolute Gasteiger partial charge is 0.381 e. The Morgan fingerprint density at radius 2 is 2.05 bits per heavy atom. The summed E-state index contributed by atoms with van der Waals surface area (Å²) in [4.78, 5) is 14.5. The molecule has 20 heavy (non-hydrogen) atoms. The van der Waals surface area contributed by atoms with Crippen molar-refractivity contribution in [3.8, 4) is 0 Å². The summed E-state index contributed by atoms with van der Waals surface area (Å²) < 4.78 is 5.29. The molecule has 2 heterocycles. The summed E-state index contributed by atoms with van der Waals surface area (Å²) in [6.07, 6.45) is 1.96. The molecule has 4 nitrogen and oxygen atoms in total. The molecule has 0 radical (unpaired) electrons. The molecule has 0 aliphatic carbocycles. The zero-order valence-corrected chi connectivity index (χ0v) is 12.7. The quantitative estimate of drug-likeness (QED) is 0.863. The molecule has 6 heteroatoms. The number of hydrogen-bond donors (Lipinski definition) is 1. The molecule has 1 aromatic carbocycles. The van der Waals surface area contributed by atoms with Gasteiger partial charge in [0.2, 0.25) is 5.91 Å². The first-order valence-corrected chi connectivity index (χ1v) is 6.96. The summed E-state index contributed by atoms with van der Waals surface area (Å²) in [6.45, 7) is 1.77.